The molecule has 22 heavy (non-hydrogen) atoms. The molecule has 1 aliphatic carbocycles. The summed E-state index contributed by atoms with van der Waals surface area (Å²) in [6.07, 6.45) is 3.20. The topological polar surface area (TPSA) is 38.3 Å². The number of aryl methyl sites for hydroxylation is 2. The molecule has 1 atom stereocenters. The van der Waals surface area contributed by atoms with Crippen LogP contribution in [0.2, 0.25) is 0 Å². The molecule has 0 fully saturated rings. The van der Waals surface area contributed by atoms with E-state index < -0.39 is 0 Å². The van der Waals surface area contributed by atoms with E-state index in [2.05, 4.69) is 23.5 Å². The Morgan fingerprint density at radius 2 is 2.09 bits per heavy atom. The highest BCUT2D eigenvalue weighted by Gasteiger charge is 2.21. The molecule has 0 aromatic heterocycles. The van der Waals surface area contributed by atoms with Gasteiger partial charge in [-0.05, 0) is 55.0 Å². The van der Waals surface area contributed by atoms with Crippen molar-refractivity contribution in [3.63, 3.8) is 0 Å². The standard InChI is InChI=1S/C19H21NO2/c1-14-6-4-9-16(12-14)22-13-19(21)20-18-11-5-8-15-7-2-3-10-17(15)18/h2-4,6-7,9-10,12,18H,5,8,11,13H2,1H3,(H,20,21)/t18-/m1/s1. The minimum absolute atomic E-state index is 0.0577. The van der Waals surface area contributed by atoms with Crippen LogP contribution < -0.4 is 10.1 Å². The van der Waals surface area contributed by atoms with E-state index in [1.165, 1.54) is 11.1 Å². The number of carbonyl (C=O) groups is 1. The zero-order chi connectivity index (χ0) is 15.4. The maximum atomic E-state index is 12.1. The van der Waals surface area contributed by atoms with Crippen molar-refractivity contribution >= 4 is 5.91 Å². The molecule has 0 aliphatic heterocycles. The van der Waals surface area contributed by atoms with Gasteiger partial charge in [0.1, 0.15) is 5.75 Å². The molecule has 0 heterocycles. The van der Waals surface area contributed by atoms with E-state index >= 15 is 0 Å². The third-order valence-electron chi connectivity index (χ3n) is 4.06. The molecule has 0 spiro atoms. The molecule has 0 unspecified atom stereocenters. The van der Waals surface area contributed by atoms with Crippen LogP contribution in [0.1, 0.15) is 35.6 Å². The first-order chi connectivity index (χ1) is 10.7. The van der Waals surface area contributed by atoms with Gasteiger partial charge in [0, 0.05) is 0 Å². The van der Waals surface area contributed by atoms with E-state index in [0.29, 0.717) is 0 Å². The number of hydrogen-bond acceptors (Lipinski definition) is 2. The fourth-order valence-corrected chi connectivity index (χ4v) is 2.99. The molecular weight excluding hydrogens is 274 g/mol. The Morgan fingerprint density at radius 1 is 1.23 bits per heavy atom. The van der Waals surface area contributed by atoms with Crippen LogP contribution in [-0.2, 0) is 11.2 Å². The fourth-order valence-electron chi connectivity index (χ4n) is 2.99. The number of nitrogens with one attached hydrogen (secondary N) is 1. The number of amides is 1. The summed E-state index contributed by atoms with van der Waals surface area (Å²) in [5, 5.41) is 3.10. The second-order valence-electron chi connectivity index (χ2n) is 5.82. The van der Waals surface area contributed by atoms with Crippen LogP contribution in [0.3, 0.4) is 0 Å². The summed E-state index contributed by atoms with van der Waals surface area (Å²) in [6, 6.07) is 16.2. The molecule has 2 aromatic rings. The molecule has 114 valence electrons. The molecule has 3 nitrogen and oxygen atoms in total. The average molecular weight is 295 g/mol. The zero-order valence-corrected chi connectivity index (χ0v) is 12.8. The number of ether oxygens (including phenoxy) is 1. The molecule has 0 radical (unpaired) electrons. The zero-order valence-electron chi connectivity index (χ0n) is 12.8. The van der Waals surface area contributed by atoms with Gasteiger partial charge in [0.15, 0.2) is 6.61 Å². The van der Waals surface area contributed by atoms with Gasteiger partial charge < -0.3 is 10.1 Å². The lowest BCUT2D eigenvalue weighted by molar-refractivity contribution is -0.123. The summed E-state index contributed by atoms with van der Waals surface area (Å²) in [6.45, 7) is 2.06. The maximum Gasteiger partial charge on any atom is 0.258 e. The van der Waals surface area contributed by atoms with Crippen molar-refractivity contribution < 1.29 is 9.53 Å². The van der Waals surface area contributed by atoms with Crippen LogP contribution in [0, 0.1) is 6.92 Å². The van der Waals surface area contributed by atoms with E-state index in [1.807, 2.05) is 37.3 Å². The molecule has 0 bridgehead atoms. The molecule has 0 saturated heterocycles. The fraction of sp³-hybridized carbons (Fsp3) is 0.316. The Balaban J connectivity index is 1.59. The summed E-state index contributed by atoms with van der Waals surface area (Å²) >= 11 is 0. The van der Waals surface area contributed by atoms with Crippen molar-refractivity contribution in [3.8, 4) is 5.75 Å². The molecule has 2 aromatic carbocycles. The van der Waals surface area contributed by atoms with Crippen LogP contribution in [0.15, 0.2) is 48.5 Å². The normalized spacial score (nSPS) is 16.7. The summed E-state index contributed by atoms with van der Waals surface area (Å²) in [7, 11) is 0. The molecule has 1 aliphatic rings. The van der Waals surface area contributed by atoms with Gasteiger partial charge in [-0.15, -0.1) is 0 Å². The van der Waals surface area contributed by atoms with E-state index in [1.54, 1.807) is 0 Å². The van der Waals surface area contributed by atoms with Gasteiger partial charge in [0.25, 0.3) is 5.91 Å². The van der Waals surface area contributed by atoms with E-state index in [9.17, 15) is 4.79 Å². The predicted molar refractivity (Wildman–Crippen MR) is 86.9 cm³/mol. The Morgan fingerprint density at radius 3 is 2.95 bits per heavy atom. The number of carbonyl (C=O) groups excluding carboxylic acids is 1. The number of fused-ring (bicyclic) bond motifs is 1. The van der Waals surface area contributed by atoms with E-state index in [0.717, 1.165) is 30.6 Å². The summed E-state index contributed by atoms with van der Waals surface area (Å²) < 4.78 is 5.57. The van der Waals surface area contributed by atoms with Crippen molar-refractivity contribution in [2.75, 3.05) is 6.61 Å². The number of rotatable bonds is 4. The van der Waals surface area contributed by atoms with Gasteiger partial charge in [0.2, 0.25) is 0 Å². The third-order valence-corrected chi connectivity index (χ3v) is 4.06. The molecule has 0 saturated carbocycles. The Bertz CT molecular complexity index is 666. The van der Waals surface area contributed by atoms with Gasteiger partial charge >= 0.3 is 0 Å². The lowest BCUT2D eigenvalue weighted by atomic mass is 9.88. The summed E-state index contributed by atoms with van der Waals surface area (Å²) in [5.41, 5.74) is 3.72. The molecule has 3 rings (SSSR count). The molecule has 1 amide bonds. The lowest BCUT2D eigenvalue weighted by Gasteiger charge is -2.26. The van der Waals surface area contributed by atoms with Crippen molar-refractivity contribution in [1.82, 2.24) is 5.32 Å². The van der Waals surface area contributed by atoms with Crippen LogP contribution >= 0.6 is 0 Å². The van der Waals surface area contributed by atoms with Crippen molar-refractivity contribution in [3.05, 3.63) is 65.2 Å². The van der Waals surface area contributed by atoms with E-state index in [-0.39, 0.29) is 18.6 Å². The van der Waals surface area contributed by atoms with Crippen molar-refractivity contribution in [2.24, 2.45) is 0 Å². The first-order valence-electron chi connectivity index (χ1n) is 7.79. The maximum absolute atomic E-state index is 12.1. The van der Waals surface area contributed by atoms with Gasteiger partial charge in [0.05, 0.1) is 6.04 Å². The smallest absolute Gasteiger partial charge is 0.258 e. The Kier molecular flexibility index (Phi) is 4.42. The minimum atomic E-state index is -0.0665. The molecular formula is C19H21NO2. The largest absolute Gasteiger partial charge is 0.484 e. The highest BCUT2D eigenvalue weighted by Crippen LogP contribution is 2.29. The van der Waals surface area contributed by atoms with Gasteiger partial charge in [-0.2, -0.15) is 0 Å². The van der Waals surface area contributed by atoms with Crippen LogP contribution in [0.5, 0.6) is 5.75 Å². The second kappa shape index (κ2) is 6.65. The van der Waals surface area contributed by atoms with Gasteiger partial charge in [-0.1, -0.05) is 36.4 Å². The first-order valence-corrected chi connectivity index (χ1v) is 7.79. The van der Waals surface area contributed by atoms with Gasteiger partial charge in [-0.25, -0.2) is 0 Å². The predicted octanol–water partition coefficient (Wildman–Crippen LogP) is 3.57. The van der Waals surface area contributed by atoms with Gasteiger partial charge in [-0.3, -0.25) is 4.79 Å². The highest BCUT2D eigenvalue weighted by atomic mass is 16.5. The SMILES string of the molecule is Cc1cccc(OCC(=O)N[C@@H]2CCCc3ccccc32)c1. The molecule has 1 N–H and O–H groups in total. The highest BCUT2D eigenvalue weighted by molar-refractivity contribution is 5.78. The van der Waals surface area contributed by atoms with Crippen molar-refractivity contribution in [1.29, 1.82) is 0 Å². The van der Waals surface area contributed by atoms with Crippen LogP contribution in [0.25, 0.3) is 0 Å². The minimum Gasteiger partial charge on any atom is -0.484 e. The second-order valence-corrected chi connectivity index (χ2v) is 5.82. The Labute approximate surface area is 131 Å². The Hall–Kier alpha value is -2.29. The van der Waals surface area contributed by atoms with Crippen LogP contribution in [-0.4, -0.2) is 12.5 Å². The third kappa shape index (κ3) is 3.48. The monoisotopic (exact) mass is 295 g/mol. The lowest BCUT2D eigenvalue weighted by Crippen LogP contribution is -2.34. The summed E-state index contributed by atoms with van der Waals surface area (Å²) in [5.74, 6) is 0.669. The van der Waals surface area contributed by atoms with Crippen LogP contribution in [0.4, 0.5) is 0 Å². The number of hydrogen-bond donors (Lipinski definition) is 1. The number of benzene rings is 2. The first kappa shape index (κ1) is 14.6. The van der Waals surface area contributed by atoms with E-state index in [4.69, 9.17) is 4.74 Å². The van der Waals surface area contributed by atoms with Crippen molar-refractivity contribution in [2.45, 2.75) is 32.2 Å². The quantitative estimate of drug-likeness (QED) is 0.936. The average Bonchev–Trinajstić information content (AvgIpc) is 2.53. The molecule has 3 heteroatoms. The summed E-state index contributed by atoms with van der Waals surface area (Å²) in [4.78, 5) is 12.1.